The molecule has 2 N–H and O–H groups in total. The highest BCUT2D eigenvalue weighted by molar-refractivity contribution is 7.89. The van der Waals surface area contributed by atoms with Crippen molar-refractivity contribution in [2.45, 2.75) is 31.4 Å². The number of furan rings is 1. The van der Waals surface area contributed by atoms with Gasteiger partial charge in [-0.1, -0.05) is 20.3 Å². The van der Waals surface area contributed by atoms with Crippen LogP contribution in [0.5, 0.6) is 0 Å². The van der Waals surface area contributed by atoms with Crippen LogP contribution in [0.1, 0.15) is 20.3 Å². The van der Waals surface area contributed by atoms with Crippen molar-refractivity contribution in [2.75, 3.05) is 6.61 Å². The molecule has 92 valence electrons. The Morgan fingerprint density at radius 3 is 2.69 bits per heavy atom. The van der Waals surface area contributed by atoms with Crippen LogP contribution in [0, 0.1) is 5.92 Å². The van der Waals surface area contributed by atoms with Gasteiger partial charge in [-0.2, -0.15) is 0 Å². The minimum Gasteiger partial charge on any atom is -0.452 e. The van der Waals surface area contributed by atoms with Gasteiger partial charge in [0.15, 0.2) is 0 Å². The molecule has 0 saturated heterocycles. The summed E-state index contributed by atoms with van der Waals surface area (Å²) in [6, 6.07) is 2.39. The van der Waals surface area contributed by atoms with E-state index in [0.717, 1.165) is 6.42 Å². The fourth-order valence-electron chi connectivity index (χ4n) is 1.29. The molecular formula is C10H17NO4S. The summed E-state index contributed by atoms with van der Waals surface area (Å²) < 4.78 is 30.8. The zero-order chi connectivity index (χ0) is 12.2. The maximum atomic E-state index is 11.8. The Balaban J connectivity index is 2.79. The Bertz CT molecular complexity index is 398. The van der Waals surface area contributed by atoms with Gasteiger partial charge in [0.25, 0.3) is 10.0 Å². The van der Waals surface area contributed by atoms with Crippen molar-refractivity contribution in [1.82, 2.24) is 4.72 Å². The van der Waals surface area contributed by atoms with E-state index in [9.17, 15) is 8.42 Å². The second-order valence-electron chi connectivity index (χ2n) is 3.73. The minimum atomic E-state index is -3.66. The Morgan fingerprint density at radius 2 is 2.25 bits per heavy atom. The van der Waals surface area contributed by atoms with Crippen molar-refractivity contribution >= 4 is 10.0 Å². The van der Waals surface area contributed by atoms with Gasteiger partial charge in [0, 0.05) is 6.04 Å². The quantitative estimate of drug-likeness (QED) is 0.785. The Morgan fingerprint density at radius 1 is 1.56 bits per heavy atom. The number of sulfonamides is 1. The predicted octanol–water partition coefficient (Wildman–Crippen LogP) is 0.965. The molecular weight excluding hydrogens is 230 g/mol. The summed E-state index contributed by atoms with van der Waals surface area (Å²) in [4.78, 5) is 0. The molecule has 0 saturated carbocycles. The maximum absolute atomic E-state index is 11.8. The van der Waals surface area contributed by atoms with Gasteiger partial charge in [-0.25, -0.2) is 13.1 Å². The molecule has 0 radical (unpaired) electrons. The predicted molar refractivity (Wildman–Crippen MR) is 59.4 cm³/mol. The highest BCUT2D eigenvalue weighted by Gasteiger charge is 2.24. The Labute approximate surface area is 95.5 Å². The number of hydrogen-bond acceptors (Lipinski definition) is 4. The zero-order valence-electron chi connectivity index (χ0n) is 9.38. The molecule has 0 amide bonds. The normalized spacial score (nSPS) is 15.9. The van der Waals surface area contributed by atoms with Crippen LogP contribution < -0.4 is 4.72 Å². The van der Waals surface area contributed by atoms with Gasteiger partial charge in [0.05, 0.1) is 12.9 Å². The van der Waals surface area contributed by atoms with E-state index in [1.54, 1.807) is 0 Å². The van der Waals surface area contributed by atoms with Crippen molar-refractivity contribution in [3.05, 3.63) is 18.4 Å². The first-order valence-electron chi connectivity index (χ1n) is 5.18. The van der Waals surface area contributed by atoms with Gasteiger partial charge in [-0.05, 0) is 18.1 Å². The summed E-state index contributed by atoms with van der Waals surface area (Å²) in [7, 11) is -3.66. The van der Waals surface area contributed by atoms with Crippen LogP contribution in [-0.4, -0.2) is 26.2 Å². The average Bonchev–Trinajstić information content (AvgIpc) is 2.78. The standard InChI is InChI=1S/C10H17NO4S/c1-3-8(2)9(7-12)11-16(13,14)10-5-4-6-15-10/h4-6,8-9,11-12H,3,7H2,1-2H3. The summed E-state index contributed by atoms with van der Waals surface area (Å²) in [5, 5.41) is 9.00. The Hall–Kier alpha value is -0.850. The first kappa shape index (κ1) is 13.2. The van der Waals surface area contributed by atoms with E-state index in [4.69, 9.17) is 9.52 Å². The van der Waals surface area contributed by atoms with E-state index >= 15 is 0 Å². The molecule has 1 aromatic heterocycles. The van der Waals surface area contributed by atoms with Crippen molar-refractivity contribution < 1.29 is 17.9 Å². The molecule has 2 unspecified atom stereocenters. The van der Waals surface area contributed by atoms with Gasteiger partial charge in [0.2, 0.25) is 5.09 Å². The van der Waals surface area contributed by atoms with E-state index < -0.39 is 16.1 Å². The molecule has 5 nitrogen and oxygen atoms in total. The highest BCUT2D eigenvalue weighted by atomic mass is 32.2. The number of aliphatic hydroxyl groups is 1. The zero-order valence-corrected chi connectivity index (χ0v) is 10.2. The second kappa shape index (κ2) is 5.47. The van der Waals surface area contributed by atoms with Crippen LogP contribution in [0.3, 0.4) is 0 Å². The van der Waals surface area contributed by atoms with Crippen molar-refractivity contribution in [3.63, 3.8) is 0 Å². The summed E-state index contributed by atoms with van der Waals surface area (Å²) >= 11 is 0. The smallest absolute Gasteiger partial charge is 0.274 e. The van der Waals surface area contributed by atoms with Crippen LogP contribution in [-0.2, 0) is 10.0 Å². The number of rotatable bonds is 6. The van der Waals surface area contributed by atoms with Crippen LogP contribution >= 0.6 is 0 Å². The van der Waals surface area contributed by atoms with Crippen LogP contribution in [0.4, 0.5) is 0 Å². The third kappa shape index (κ3) is 3.07. The van der Waals surface area contributed by atoms with E-state index in [-0.39, 0.29) is 17.6 Å². The number of hydrogen-bond donors (Lipinski definition) is 2. The van der Waals surface area contributed by atoms with Gasteiger partial charge in [0.1, 0.15) is 0 Å². The summed E-state index contributed by atoms with van der Waals surface area (Å²) in [6.45, 7) is 3.59. The van der Waals surface area contributed by atoms with Gasteiger partial charge < -0.3 is 9.52 Å². The molecule has 0 aliphatic rings. The molecule has 0 fully saturated rings. The van der Waals surface area contributed by atoms with Crippen LogP contribution in [0.25, 0.3) is 0 Å². The lowest BCUT2D eigenvalue weighted by Gasteiger charge is -2.21. The van der Waals surface area contributed by atoms with Gasteiger partial charge in [-0.15, -0.1) is 0 Å². The van der Waals surface area contributed by atoms with Crippen LogP contribution in [0.15, 0.2) is 27.9 Å². The number of aliphatic hydroxyl groups excluding tert-OH is 1. The lowest BCUT2D eigenvalue weighted by atomic mass is 10.0. The summed E-state index contributed by atoms with van der Waals surface area (Å²) in [5.41, 5.74) is 0. The first-order chi connectivity index (χ1) is 7.51. The minimum absolute atomic E-state index is 0.0646. The average molecular weight is 247 g/mol. The fourth-order valence-corrected chi connectivity index (χ4v) is 2.55. The van der Waals surface area contributed by atoms with E-state index in [1.165, 1.54) is 18.4 Å². The third-order valence-corrected chi connectivity index (χ3v) is 3.97. The highest BCUT2D eigenvalue weighted by Crippen LogP contribution is 2.13. The van der Waals surface area contributed by atoms with Crippen molar-refractivity contribution in [1.29, 1.82) is 0 Å². The molecule has 0 aliphatic carbocycles. The molecule has 1 rings (SSSR count). The molecule has 0 spiro atoms. The third-order valence-electron chi connectivity index (χ3n) is 2.59. The molecule has 1 aromatic rings. The maximum Gasteiger partial charge on any atom is 0.274 e. The SMILES string of the molecule is CCC(C)C(CO)NS(=O)(=O)c1ccco1. The summed E-state index contributed by atoms with van der Waals surface area (Å²) in [5.74, 6) is 0.0646. The molecule has 16 heavy (non-hydrogen) atoms. The first-order valence-corrected chi connectivity index (χ1v) is 6.66. The van der Waals surface area contributed by atoms with E-state index in [2.05, 4.69) is 4.72 Å². The number of nitrogens with one attached hydrogen (secondary N) is 1. The molecule has 0 bridgehead atoms. The fraction of sp³-hybridized carbons (Fsp3) is 0.600. The molecule has 6 heteroatoms. The lowest BCUT2D eigenvalue weighted by Crippen LogP contribution is -2.41. The molecule has 0 aromatic carbocycles. The van der Waals surface area contributed by atoms with Gasteiger partial charge >= 0.3 is 0 Å². The van der Waals surface area contributed by atoms with Gasteiger partial charge in [-0.3, -0.25) is 0 Å². The monoisotopic (exact) mass is 247 g/mol. The molecule has 1 heterocycles. The van der Waals surface area contributed by atoms with E-state index in [1.807, 2.05) is 13.8 Å². The molecule has 0 aliphatic heterocycles. The Kier molecular flexibility index (Phi) is 4.52. The summed E-state index contributed by atoms with van der Waals surface area (Å²) in [6.07, 6.45) is 2.08. The molecule has 2 atom stereocenters. The largest absolute Gasteiger partial charge is 0.452 e. The van der Waals surface area contributed by atoms with Crippen molar-refractivity contribution in [2.24, 2.45) is 5.92 Å². The van der Waals surface area contributed by atoms with Crippen LogP contribution in [0.2, 0.25) is 0 Å². The topological polar surface area (TPSA) is 79.5 Å². The lowest BCUT2D eigenvalue weighted by molar-refractivity contribution is 0.218. The van der Waals surface area contributed by atoms with E-state index in [0.29, 0.717) is 0 Å². The van der Waals surface area contributed by atoms with Crippen molar-refractivity contribution in [3.8, 4) is 0 Å². The second-order valence-corrected chi connectivity index (χ2v) is 5.37.